The van der Waals surface area contributed by atoms with E-state index in [4.69, 9.17) is 4.74 Å². The van der Waals surface area contributed by atoms with Crippen LogP contribution in [0.5, 0.6) is 0 Å². The first-order valence-electron chi connectivity index (χ1n) is 8.82. The van der Waals surface area contributed by atoms with Crippen molar-refractivity contribution in [3.8, 4) is 0 Å². The number of carbonyl (C=O) groups excluding carboxylic acids is 5. The normalized spacial score (nSPS) is 19.5. The van der Waals surface area contributed by atoms with Crippen LogP contribution < -0.4 is 10.6 Å². The number of benzene rings is 1. The lowest BCUT2D eigenvalue weighted by molar-refractivity contribution is -0.136. The van der Waals surface area contributed by atoms with Gasteiger partial charge >= 0.3 is 0 Å². The summed E-state index contributed by atoms with van der Waals surface area (Å²) in [6.45, 7) is 3.65. The maximum absolute atomic E-state index is 12.8. The number of methoxy groups -OCH3 is 1. The van der Waals surface area contributed by atoms with E-state index in [0.29, 0.717) is 5.69 Å². The van der Waals surface area contributed by atoms with Crippen molar-refractivity contribution in [3.05, 3.63) is 29.3 Å². The van der Waals surface area contributed by atoms with Gasteiger partial charge in [0, 0.05) is 19.2 Å². The van der Waals surface area contributed by atoms with Crippen molar-refractivity contribution in [2.45, 2.75) is 32.7 Å². The first-order valence-corrected chi connectivity index (χ1v) is 8.82. The van der Waals surface area contributed by atoms with Crippen molar-refractivity contribution in [3.63, 3.8) is 0 Å². The van der Waals surface area contributed by atoms with Crippen LogP contribution in [-0.4, -0.2) is 54.2 Å². The lowest BCUT2D eigenvalue weighted by Gasteiger charge is -2.27. The predicted molar refractivity (Wildman–Crippen MR) is 97.4 cm³/mol. The Balaban J connectivity index is 1.83. The average Bonchev–Trinajstić information content (AvgIpc) is 2.86. The zero-order chi connectivity index (χ0) is 20.6. The van der Waals surface area contributed by atoms with Crippen LogP contribution in [0.2, 0.25) is 0 Å². The summed E-state index contributed by atoms with van der Waals surface area (Å²) < 4.78 is 5.04. The summed E-state index contributed by atoms with van der Waals surface area (Å²) in [4.78, 5) is 62.1. The van der Waals surface area contributed by atoms with E-state index in [0.717, 1.165) is 4.90 Å². The predicted octanol–water partition coefficient (Wildman–Crippen LogP) is 0.699. The number of amides is 5. The third-order valence-corrected chi connectivity index (χ3v) is 4.82. The van der Waals surface area contributed by atoms with Crippen LogP contribution in [-0.2, 0) is 19.1 Å². The first-order chi connectivity index (χ1) is 13.2. The number of nitrogens with zero attached hydrogens (tertiary/aromatic N) is 1. The smallest absolute Gasteiger partial charge is 0.262 e. The lowest BCUT2D eigenvalue weighted by Crippen LogP contribution is -2.54. The van der Waals surface area contributed by atoms with Crippen LogP contribution in [0.15, 0.2) is 18.2 Å². The number of ether oxygens (including phenoxy) is 1. The summed E-state index contributed by atoms with van der Waals surface area (Å²) in [7, 11) is 1.50. The zero-order valence-corrected chi connectivity index (χ0v) is 15.8. The SMILES string of the molecule is COCC(C)(C)C(=O)Nc1ccc2c(c1)C(=O)N(C1CCC(=O)NC1=O)C2=O. The Kier molecular flexibility index (Phi) is 5.03. The Labute approximate surface area is 161 Å². The van der Waals surface area contributed by atoms with Gasteiger partial charge in [0.05, 0.1) is 23.1 Å². The highest BCUT2D eigenvalue weighted by Gasteiger charge is 2.44. The molecule has 2 N–H and O–H groups in total. The van der Waals surface area contributed by atoms with Gasteiger partial charge in [-0.15, -0.1) is 0 Å². The number of hydrogen-bond donors (Lipinski definition) is 2. The van der Waals surface area contributed by atoms with Crippen LogP contribution >= 0.6 is 0 Å². The van der Waals surface area contributed by atoms with Crippen molar-refractivity contribution in [1.29, 1.82) is 0 Å². The molecule has 2 aliphatic heterocycles. The summed E-state index contributed by atoms with van der Waals surface area (Å²) >= 11 is 0. The summed E-state index contributed by atoms with van der Waals surface area (Å²) in [6, 6.07) is 3.37. The first kappa shape index (κ1) is 19.7. The molecule has 2 aliphatic rings. The molecule has 0 spiro atoms. The van der Waals surface area contributed by atoms with Crippen LogP contribution in [0.4, 0.5) is 5.69 Å². The monoisotopic (exact) mass is 387 g/mol. The van der Waals surface area contributed by atoms with Crippen molar-refractivity contribution in [1.82, 2.24) is 10.2 Å². The fourth-order valence-electron chi connectivity index (χ4n) is 3.28. The summed E-state index contributed by atoms with van der Waals surface area (Å²) in [5, 5.41) is 4.86. The lowest BCUT2D eigenvalue weighted by atomic mass is 9.93. The molecule has 2 heterocycles. The van der Waals surface area contributed by atoms with Crippen LogP contribution in [0.3, 0.4) is 0 Å². The van der Waals surface area contributed by atoms with Gasteiger partial charge in [0.1, 0.15) is 6.04 Å². The molecule has 0 radical (unpaired) electrons. The van der Waals surface area contributed by atoms with Crippen molar-refractivity contribution >= 4 is 35.2 Å². The second kappa shape index (κ2) is 7.16. The van der Waals surface area contributed by atoms with Gasteiger partial charge in [0.2, 0.25) is 17.7 Å². The molecule has 0 bridgehead atoms. The minimum atomic E-state index is -1.02. The van der Waals surface area contributed by atoms with Crippen LogP contribution in [0.1, 0.15) is 47.4 Å². The zero-order valence-electron chi connectivity index (χ0n) is 15.8. The van der Waals surface area contributed by atoms with E-state index in [1.807, 2.05) is 0 Å². The van der Waals surface area contributed by atoms with Gasteiger partial charge in [-0.05, 0) is 38.5 Å². The average molecular weight is 387 g/mol. The molecular weight excluding hydrogens is 366 g/mol. The van der Waals surface area contributed by atoms with E-state index >= 15 is 0 Å². The molecular formula is C19H21N3O6. The molecule has 1 aromatic rings. The molecule has 28 heavy (non-hydrogen) atoms. The van der Waals surface area contributed by atoms with E-state index < -0.39 is 35.1 Å². The second-order valence-corrected chi connectivity index (χ2v) is 7.48. The Morgan fingerprint density at radius 3 is 2.54 bits per heavy atom. The fraction of sp³-hybridized carbons (Fsp3) is 0.421. The summed E-state index contributed by atoms with van der Waals surface area (Å²) in [6.07, 6.45) is 0.143. The van der Waals surface area contributed by atoms with E-state index in [2.05, 4.69) is 10.6 Å². The van der Waals surface area contributed by atoms with Gasteiger partial charge in [-0.3, -0.25) is 34.2 Å². The number of anilines is 1. The van der Waals surface area contributed by atoms with Crippen LogP contribution in [0.25, 0.3) is 0 Å². The Hall–Kier alpha value is -3.07. The maximum Gasteiger partial charge on any atom is 0.262 e. The van der Waals surface area contributed by atoms with Gasteiger partial charge < -0.3 is 10.1 Å². The molecule has 1 atom stereocenters. The van der Waals surface area contributed by atoms with Crippen molar-refractivity contribution < 1.29 is 28.7 Å². The van der Waals surface area contributed by atoms with Crippen molar-refractivity contribution in [2.24, 2.45) is 5.41 Å². The molecule has 5 amide bonds. The highest BCUT2D eigenvalue weighted by Crippen LogP contribution is 2.30. The third kappa shape index (κ3) is 3.40. The molecule has 9 heteroatoms. The van der Waals surface area contributed by atoms with E-state index in [9.17, 15) is 24.0 Å². The number of carbonyl (C=O) groups is 5. The van der Waals surface area contributed by atoms with Gasteiger partial charge in [-0.2, -0.15) is 0 Å². The fourth-order valence-corrected chi connectivity index (χ4v) is 3.28. The summed E-state index contributed by atoms with van der Waals surface area (Å²) in [5.41, 5.74) is -0.160. The molecule has 0 aromatic heterocycles. The number of piperidine rings is 1. The standard InChI is InChI=1S/C19H21N3O6/c1-19(2,9-28-3)18(27)20-10-4-5-11-12(8-10)17(26)22(16(11)25)13-6-7-14(23)21-15(13)24/h4-5,8,13H,6-7,9H2,1-3H3,(H,20,27)(H,21,23,24). The Bertz CT molecular complexity index is 892. The number of nitrogens with one attached hydrogen (secondary N) is 2. The van der Waals surface area contributed by atoms with Crippen molar-refractivity contribution in [2.75, 3.05) is 19.0 Å². The minimum absolute atomic E-state index is 0.0553. The molecule has 0 saturated carbocycles. The molecule has 1 fully saturated rings. The number of imide groups is 2. The largest absolute Gasteiger partial charge is 0.384 e. The van der Waals surface area contributed by atoms with Crippen LogP contribution in [0, 0.1) is 5.41 Å². The van der Waals surface area contributed by atoms with Gasteiger partial charge in [-0.1, -0.05) is 0 Å². The van der Waals surface area contributed by atoms with E-state index in [1.165, 1.54) is 25.3 Å². The van der Waals surface area contributed by atoms with E-state index in [-0.39, 0.29) is 36.5 Å². The molecule has 0 aliphatic carbocycles. The highest BCUT2D eigenvalue weighted by atomic mass is 16.5. The number of rotatable bonds is 5. The molecule has 1 saturated heterocycles. The van der Waals surface area contributed by atoms with Gasteiger partial charge in [0.15, 0.2) is 0 Å². The quantitative estimate of drug-likeness (QED) is 0.717. The molecule has 9 nitrogen and oxygen atoms in total. The third-order valence-electron chi connectivity index (χ3n) is 4.82. The number of hydrogen-bond acceptors (Lipinski definition) is 6. The number of fused-ring (bicyclic) bond motifs is 1. The summed E-state index contributed by atoms with van der Waals surface area (Å²) in [5.74, 6) is -2.61. The molecule has 3 rings (SSSR count). The van der Waals surface area contributed by atoms with E-state index in [1.54, 1.807) is 13.8 Å². The molecule has 1 unspecified atom stereocenters. The topological polar surface area (TPSA) is 122 Å². The molecule has 148 valence electrons. The highest BCUT2D eigenvalue weighted by molar-refractivity contribution is 6.24. The molecule has 1 aromatic carbocycles. The van der Waals surface area contributed by atoms with Gasteiger partial charge in [0.25, 0.3) is 11.8 Å². The minimum Gasteiger partial charge on any atom is -0.384 e. The van der Waals surface area contributed by atoms with Gasteiger partial charge in [-0.25, -0.2) is 0 Å². The Morgan fingerprint density at radius 2 is 1.89 bits per heavy atom. The maximum atomic E-state index is 12.8. The second-order valence-electron chi connectivity index (χ2n) is 7.48. The Morgan fingerprint density at radius 1 is 1.21 bits per heavy atom.